The second kappa shape index (κ2) is 8.67. The van der Waals surface area contributed by atoms with Gasteiger partial charge in [-0.3, -0.25) is 9.89 Å². The van der Waals surface area contributed by atoms with Crippen LogP contribution in [0, 0.1) is 6.92 Å². The van der Waals surface area contributed by atoms with Gasteiger partial charge in [-0.05, 0) is 30.0 Å². The molecule has 0 amide bonds. The Balaban J connectivity index is 1.41. The van der Waals surface area contributed by atoms with Crippen LogP contribution >= 0.6 is 0 Å². The zero-order chi connectivity index (χ0) is 17.5. The molecule has 0 atom stereocenters. The normalized spacial score (nSPS) is 14.9. The summed E-state index contributed by atoms with van der Waals surface area (Å²) in [7, 11) is 1.82. The lowest BCUT2D eigenvalue weighted by Crippen LogP contribution is -2.42. The Bertz CT molecular complexity index is 706. The van der Waals surface area contributed by atoms with E-state index in [1.165, 1.54) is 22.3 Å². The third-order valence-corrected chi connectivity index (χ3v) is 4.73. The summed E-state index contributed by atoms with van der Waals surface area (Å²) in [5, 5.41) is 6.80. The minimum atomic E-state index is 0.789. The summed E-state index contributed by atoms with van der Waals surface area (Å²) in [6.07, 6.45) is 1.15. The molecule has 0 bridgehead atoms. The molecule has 0 aliphatic carbocycles. The maximum absolute atomic E-state index is 4.32. The summed E-state index contributed by atoms with van der Waals surface area (Å²) in [6.45, 7) is 7.00. The SMILES string of the molecule is CN=C(NCCN1CCc2ccccc2C1)NCc1ccc(C)cc1. The number of aryl methyl sites for hydroxylation is 1. The number of fused-ring (bicyclic) bond motifs is 1. The van der Waals surface area contributed by atoms with Crippen molar-refractivity contribution in [3.05, 3.63) is 70.8 Å². The molecular weight excluding hydrogens is 308 g/mol. The molecule has 132 valence electrons. The maximum Gasteiger partial charge on any atom is 0.191 e. The highest BCUT2D eigenvalue weighted by Gasteiger charge is 2.14. The molecule has 0 aromatic heterocycles. The predicted molar refractivity (Wildman–Crippen MR) is 105 cm³/mol. The molecule has 2 N–H and O–H groups in total. The van der Waals surface area contributed by atoms with Gasteiger partial charge in [-0.2, -0.15) is 0 Å². The first-order valence-corrected chi connectivity index (χ1v) is 9.04. The first kappa shape index (κ1) is 17.5. The predicted octanol–water partition coefficient (Wildman–Crippen LogP) is 2.72. The molecule has 0 radical (unpaired) electrons. The van der Waals surface area contributed by atoms with Crippen molar-refractivity contribution in [3.8, 4) is 0 Å². The minimum absolute atomic E-state index is 0.789. The van der Waals surface area contributed by atoms with Crippen molar-refractivity contribution >= 4 is 5.96 Å². The lowest BCUT2D eigenvalue weighted by Gasteiger charge is -2.28. The van der Waals surface area contributed by atoms with Crippen LogP contribution in [0.1, 0.15) is 22.3 Å². The number of guanidine groups is 1. The molecule has 0 saturated heterocycles. The average molecular weight is 336 g/mol. The molecule has 1 aliphatic rings. The van der Waals surface area contributed by atoms with Gasteiger partial charge < -0.3 is 10.6 Å². The molecule has 2 aromatic carbocycles. The van der Waals surface area contributed by atoms with Gasteiger partial charge >= 0.3 is 0 Å². The standard InChI is InChI=1S/C21H28N4/c1-17-7-9-18(10-8-17)15-24-21(22-2)23-12-14-25-13-11-19-5-3-4-6-20(19)16-25/h3-10H,11-16H2,1-2H3,(H2,22,23,24). The zero-order valence-electron chi connectivity index (χ0n) is 15.3. The summed E-state index contributed by atoms with van der Waals surface area (Å²) >= 11 is 0. The molecular formula is C21H28N4. The monoisotopic (exact) mass is 336 g/mol. The Hall–Kier alpha value is -2.33. The van der Waals surface area contributed by atoms with Gasteiger partial charge in [0.2, 0.25) is 0 Å². The van der Waals surface area contributed by atoms with E-state index in [0.717, 1.165) is 45.1 Å². The first-order chi connectivity index (χ1) is 12.2. The molecule has 0 fully saturated rings. The number of hydrogen-bond donors (Lipinski definition) is 2. The highest BCUT2D eigenvalue weighted by molar-refractivity contribution is 5.79. The molecule has 1 heterocycles. The van der Waals surface area contributed by atoms with E-state index >= 15 is 0 Å². The average Bonchev–Trinajstić information content (AvgIpc) is 2.65. The minimum Gasteiger partial charge on any atom is -0.355 e. The van der Waals surface area contributed by atoms with Crippen LogP contribution in [0.4, 0.5) is 0 Å². The number of aliphatic imine (C=N–C) groups is 1. The van der Waals surface area contributed by atoms with Crippen LogP contribution in [0.25, 0.3) is 0 Å². The van der Waals surface area contributed by atoms with Gasteiger partial charge in [-0.15, -0.1) is 0 Å². The van der Waals surface area contributed by atoms with Crippen LogP contribution in [0.2, 0.25) is 0 Å². The number of nitrogens with one attached hydrogen (secondary N) is 2. The highest BCUT2D eigenvalue weighted by Crippen LogP contribution is 2.17. The van der Waals surface area contributed by atoms with Crippen molar-refractivity contribution in [2.24, 2.45) is 4.99 Å². The smallest absolute Gasteiger partial charge is 0.191 e. The van der Waals surface area contributed by atoms with Gasteiger partial charge in [0.1, 0.15) is 0 Å². The fourth-order valence-electron chi connectivity index (χ4n) is 3.19. The number of hydrogen-bond acceptors (Lipinski definition) is 2. The van der Waals surface area contributed by atoms with E-state index in [9.17, 15) is 0 Å². The Labute approximate surface area is 151 Å². The molecule has 0 unspecified atom stereocenters. The van der Waals surface area contributed by atoms with Gasteiger partial charge in [-0.25, -0.2) is 0 Å². The van der Waals surface area contributed by atoms with Crippen LogP contribution in [-0.4, -0.2) is 37.5 Å². The van der Waals surface area contributed by atoms with Crippen LogP contribution in [0.5, 0.6) is 0 Å². The van der Waals surface area contributed by atoms with E-state index in [1.54, 1.807) is 0 Å². The van der Waals surface area contributed by atoms with Crippen molar-refractivity contribution in [1.29, 1.82) is 0 Å². The quantitative estimate of drug-likeness (QED) is 0.651. The number of nitrogens with zero attached hydrogens (tertiary/aromatic N) is 2. The van der Waals surface area contributed by atoms with E-state index < -0.39 is 0 Å². The molecule has 4 nitrogen and oxygen atoms in total. The summed E-state index contributed by atoms with van der Waals surface area (Å²) in [5.41, 5.74) is 5.52. The second-order valence-electron chi connectivity index (χ2n) is 6.63. The van der Waals surface area contributed by atoms with Crippen molar-refractivity contribution in [3.63, 3.8) is 0 Å². The second-order valence-corrected chi connectivity index (χ2v) is 6.63. The largest absolute Gasteiger partial charge is 0.355 e. The van der Waals surface area contributed by atoms with Gasteiger partial charge in [0.25, 0.3) is 0 Å². The van der Waals surface area contributed by atoms with Crippen LogP contribution in [-0.2, 0) is 19.5 Å². The van der Waals surface area contributed by atoms with Gasteiger partial charge in [0, 0.05) is 39.8 Å². The van der Waals surface area contributed by atoms with Crippen LogP contribution in [0.15, 0.2) is 53.5 Å². The molecule has 0 saturated carbocycles. The molecule has 4 heteroatoms. The molecule has 3 rings (SSSR count). The van der Waals surface area contributed by atoms with E-state index in [2.05, 4.69) is 76.0 Å². The zero-order valence-corrected chi connectivity index (χ0v) is 15.3. The summed E-state index contributed by atoms with van der Waals surface area (Å²) in [6, 6.07) is 17.4. The third kappa shape index (κ3) is 5.07. The van der Waals surface area contributed by atoms with Crippen molar-refractivity contribution < 1.29 is 0 Å². The summed E-state index contributed by atoms with van der Waals surface area (Å²) in [5.74, 6) is 0.859. The van der Waals surface area contributed by atoms with Gasteiger partial charge in [0.15, 0.2) is 5.96 Å². The van der Waals surface area contributed by atoms with Crippen molar-refractivity contribution in [1.82, 2.24) is 15.5 Å². The number of benzene rings is 2. The van der Waals surface area contributed by atoms with Crippen molar-refractivity contribution in [2.45, 2.75) is 26.4 Å². The van der Waals surface area contributed by atoms with E-state index in [1.807, 2.05) is 7.05 Å². The molecule has 25 heavy (non-hydrogen) atoms. The van der Waals surface area contributed by atoms with E-state index in [0.29, 0.717) is 0 Å². The third-order valence-electron chi connectivity index (χ3n) is 4.73. The lowest BCUT2D eigenvalue weighted by molar-refractivity contribution is 0.258. The highest BCUT2D eigenvalue weighted by atomic mass is 15.2. The van der Waals surface area contributed by atoms with Gasteiger partial charge in [-0.1, -0.05) is 54.1 Å². The summed E-state index contributed by atoms with van der Waals surface area (Å²) in [4.78, 5) is 6.82. The number of rotatable bonds is 5. The van der Waals surface area contributed by atoms with E-state index in [-0.39, 0.29) is 0 Å². The maximum atomic E-state index is 4.32. The van der Waals surface area contributed by atoms with Crippen LogP contribution in [0.3, 0.4) is 0 Å². The molecule has 0 spiro atoms. The Kier molecular flexibility index (Phi) is 6.07. The summed E-state index contributed by atoms with van der Waals surface area (Å²) < 4.78 is 0. The topological polar surface area (TPSA) is 39.7 Å². The molecule has 1 aliphatic heterocycles. The Morgan fingerprint density at radius 3 is 2.56 bits per heavy atom. The lowest BCUT2D eigenvalue weighted by atomic mass is 10.00. The van der Waals surface area contributed by atoms with Gasteiger partial charge in [0.05, 0.1) is 0 Å². The van der Waals surface area contributed by atoms with Crippen LogP contribution < -0.4 is 10.6 Å². The Morgan fingerprint density at radius 2 is 1.80 bits per heavy atom. The fourth-order valence-corrected chi connectivity index (χ4v) is 3.19. The first-order valence-electron chi connectivity index (χ1n) is 9.04. The van der Waals surface area contributed by atoms with E-state index in [4.69, 9.17) is 0 Å². The van der Waals surface area contributed by atoms with Crippen molar-refractivity contribution in [2.75, 3.05) is 26.7 Å². The Morgan fingerprint density at radius 1 is 1.04 bits per heavy atom. The molecule has 2 aromatic rings. The fraction of sp³-hybridized carbons (Fsp3) is 0.381.